The number of nitrogens with zero attached hydrogens (tertiary/aromatic N) is 2. The van der Waals surface area contributed by atoms with Gasteiger partial charge in [-0.05, 0) is 68.8 Å². The number of sulfonamides is 1. The first-order valence-electron chi connectivity index (χ1n) is 9.59. The summed E-state index contributed by atoms with van der Waals surface area (Å²) in [7, 11) is -3.75. The van der Waals surface area contributed by atoms with Crippen LogP contribution in [-0.4, -0.2) is 55.3 Å². The summed E-state index contributed by atoms with van der Waals surface area (Å²) in [5.41, 5.74) is -1.13. The first-order chi connectivity index (χ1) is 14.1. The van der Waals surface area contributed by atoms with E-state index < -0.39 is 21.4 Å². The lowest BCUT2D eigenvalue weighted by atomic mass is 10.1. The summed E-state index contributed by atoms with van der Waals surface area (Å²) in [6, 6.07) is 11.5. The van der Waals surface area contributed by atoms with Crippen LogP contribution in [0.2, 0.25) is 5.02 Å². The lowest BCUT2D eigenvalue weighted by Crippen LogP contribution is -2.50. The SMILES string of the molecule is CC(C)(Oc1ccc(Cl)cc1)C(=O)N1CCCN(S(=O)(=O)c2ccc(F)cc2)CC1. The second-order valence-corrected chi connectivity index (χ2v) is 9.94. The minimum atomic E-state index is -3.75. The van der Waals surface area contributed by atoms with Crippen molar-refractivity contribution in [3.05, 3.63) is 59.4 Å². The van der Waals surface area contributed by atoms with Gasteiger partial charge in [0.1, 0.15) is 11.6 Å². The zero-order valence-electron chi connectivity index (χ0n) is 16.8. The molecule has 0 saturated carbocycles. The quantitative estimate of drug-likeness (QED) is 0.692. The molecule has 0 atom stereocenters. The molecule has 2 aromatic rings. The number of carbonyl (C=O) groups is 1. The molecule has 1 aliphatic heterocycles. The van der Waals surface area contributed by atoms with Gasteiger partial charge in [0.15, 0.2) is 5.60 Å². The van der Waals surface area contributed by atoms with Crippen LogP contribution in [-0.2, 0) is 14.8 Å². The van der Waals surface area contributed by atoms with Crippen molar-refractivity contribution in [2.24, 2.45) is 0 Å². The molecule has 0 unspecified atom stereocenters. The van der Waals surface area contributed by atoms with Gasteiger partial charge in [0.25, 0.3) is 5.91 Å². The van der Waals surface area contributed by atoms with Crippen LogP contribution in [0.25, 0.3) is 0 Å². The number of amides is 1. The number of halogens is 2. The predicted octanol–water partition coefficient (Wildman–Crippen LogP) is 3.56. The highest BCUT2D eigenvalue weighted by Gasteiger charge is 2.36. The lowest BCUT2D eigenvalue weighted by Gasteiger charge is -2.31. The summed E-state index contributed by atoms with van der Waals surface area (Å²) in [6.45, 7) is 4.46. The van der Waals surface area contributed by atoms with Crippen molar-refractivity contribution in [2.75, 3.05) is 26.2 Å². The van der Waals surface area contributed by atoms with E-state index in [9.17, 15) is 17.6 Å². The van der Waals surface area contributed by atoms with Crippen molar-refractivity contribution in [3.8, 4) is 5.75 Å². The molecule has 1 saturated heterocycles. The van der Waals surface area contributed by atoms with Crippen LogP contribution in [0.5, 0.6) is 5.75 Å². The van der Waals surface area contributed by atoms with Crippen molar-refractivity contribution in [1.82, 2.24) is 9.21 Å². The molecule has 0 bridgehead atoms. The van der Waals surface area contributed by atoms with Crippen LogP contribution >= 0.6 is 11.6 Å². The number of rotatable bonds is 5. The Hall–Kier alpha value is -2.16. The fourth-order valence-corrected chi connectivity index (χ4v) is 4.91. The third kappa shape index (κ3) is 5.11. The first kappa shape index (κ1) is 22.5. The van der Waals surface area contributed by atoms with Crippen LogP contribution in [0.15, 0.2) is 53.4 Å². The molecule has 0 spiro atoms. The molecule has 9 heteroatoms. The summed E-state index contributed by atoms with van der Waals surface area (Å²) in [5, 5.41) is 0.571. The maximum atomic E-state index is 13.1. The number of hydrogen-bond acceptors (Lipinski definition) is 4. The van der Waals surface area contributed by atoms with Crippen LogP contribution in [0, 0.1) is 5.82 Å². The summed E-state index contributed by atoms with van der Waals surface area (Å²) in [6.07, 6.45) is 0.489. The lowest BCUT2D eigenvalue weighted by molar-refractivity contribution is -0.145. The molecule has 162 valence electrons. The van der Waals surface area contributed by atoms with Crippen molar-refractivity contribution >= 4 is 27.5 Å². The number of hydrogen-bond donors (Lipinski definition) is 0. The maximum absolute atomic E-state index is 13.1. The Kier molecular flexibility index (Phi) is 6.69. The molecule has 1 heterocycles. The summed E-state index contributed by atoms with van der Waals surface area (Å²) in [5.74, 6) is -0.198. The molecule has 1 aliphatic rings. The maximum Gasteiger partial charge on any atom is 0.266 e. The topological polar surface area (TPSA) is 66.9 Å². The summed E-state index contributed by atoms with van der Waals surface area (Å²) >= 11 is 5.88. The molecule has 3 rings (SSSR count). The number of benzene rings is 2. The highest BCUT2D eigenvalue weighted by Crippen LogP contribution is 2.24. The first-order valence-corrected chi connectivity index (χ1v) is 11.4. The molecule has 0 radical (unpaired) electrons. The van der Waals surface area contributed by atoms with Gasteiger partial charge in [0, 0.05) is 31.2 Å². The van der Waals surface area contributed by atoms with E-state index >= 15 is 0 Å². The van der Waals surface area contributed by atoms with E-state index in [1.54, 1.807) is 43.0 Å². The van der Waals surface area contributed by atoms with Gasteiger partial charge >= 0.3 is 0 Å². The molecule has 0 aliphatic carbocycles. The van der Waals surface area contributed by atoms with Crippen molar-refractivity contribution in [2.45, 2.75) is 30.8 Å². The van der Waals surface area contributed by atoms with Gasteiger partial charge in [-0.2, -0.15) is 4.31 Å². The fourth-order valence-electron chi connectivity index (χ4n) is 3.31. The van der Waals surface area contributed by atoms with E-state index in [1.165, 1.54) is 16.4 Å². The zero-order chi connectivity index (χ0) is 21.9. The molecule has 30 heavy (non-hydrogen) atoms. The summed E-state index contributed by atoms with van der Waals surface area (Å²) in [4.78, 5) is 14.7. The Labute approximate surface area is 181 Å². The second-order valence-electron chi connectivity index (χ2n) is 7.57. The van der Waals surface area contributed by atoms with E-state index in [-0.39, 0.29) is 30.4 Å². The molecule has 1 amide bonds. The van der Waals surface area contributed by atoms with Gasteiger partial charge < -0.3 is 9.64 Å². The molecular formula is C21H24ClFN2O4S. The molecule has 1 fully saturated rings. The van der Waals surface area contributed by atoms with Gasteiger partial charge in [-0.3, -0.25) is 4.79 Å². The van der Waals surface area contributed by atoms with E-state index in [0.717, 1.165) is 12.1 Å². The Morgan fingerprint density at radius 3 is 2.27 bits per heavy atom. The van der Waals surface area contributed by atoms with E-state index in [4.69, 9.17) is 16.3 Å². The average Bonchev–Trinajstić information content (AvgIpc) is 2.96. The Bertz CT molecular complexity index is 995. The standard InChI is InChI=1S/C21H24ClFN2O4S/c1-21(2,29-18-8-4-16(22)5-9-18)20(26)24-12-3-13-25(15-14-24)30(27,28)19-10-6-17(23)7-11-19/h4-11H,3,12-15H2,1-2H3. The normalized spacial score (nSPS) is 16.2. The van der Waals surface area contributed by atoms with Gasteiger partial charge in [-0.1, -0.05) is 11.6 Å². The largest absolute Gasteiger partial charge is 0.478 e. The van der Waals surface area contributed by atoms with Crippen LogP contribution in [0.3, 0.4) is 0 Å². The van der Waals surface area contributed by atoms with E-state index in [0.29, 0.717) is 23.7 Å². The van der Waals surface area contributed by atoms with Crippen LogP contribution in [0.1, 0.15) is 20.3 Å². The fraction of sp³-hybridized carbons (Fsp3) is 0.381. The van der Waals surface area contributed by atoms with E-state index in [2.05, 4.69) is 0 Å². The average molecular weight is 455 g/mol. The highest BCUT2D eigenvalue weighted by molar-refractivity contribution is 7.89. The number of ether oxygens (including phenoxy) is 1. The van der Waals surface area contributed by atoms with Crippen LogP contribution < -0.4 is 4.74 Å². The molecular weight excluding hydrogens is 431 g/mol. The Morgan fingerprint density at radius 1 is 1.00 bits per heavy atom. The van der Waals surface area contributed by atoms with Crippen molar-refractivity contribution in [3.63, 3.8) is 0 Å². The van der Waals surface area contributed by atoms with Gasteiger partial charge in [-0.25, -0.2) is 12.8 Å². The Morgan fingerprint density at radius 2 is 1.63 bits per heavy atom. The summed E-state index contributed by atoms with van der Waals surface area (Å²) < 4.78 is 46.1. The molecule has 0 aromatic heterocycles. The molecule has 2 aromatic carbocycles. The number of carbonyl (C=O) groups excluding carboxylic acids is 1. The minimum absolute atomic E-state index is 0.0371. The minimum Gasteiger partial charge on any atom is -0.478 e. The van der Waals surface area contributed by atoms with Gasteiger partial charge in [-0.15, -0.1) is 0 Å². The van der Waals surface area contributed by atoms with Crippen molar-refractivity contribution in [1.29, 1.82) is 0 Å². The second kappa shape index (κ2) is 8.91. The monoisotopic (exact) mass is 454 g/mol. The van der Waals surface area contributed by atoms with E-state index in [1.807, 2.05) is 0 Å². The van der Waals surface area contributed by atoms with Crippen LogP contribution in [0.4, 0.5) is 4.39 Å². The highest BCUT2D eigenvalue weighted by atomic mass is 35.5. The molecule has 0 N–H and O–H groups in total. The smallest absolute Gasteiger partial charge is 0.266 e. The van der Waals surface area contributed by atoms with Gasteiger partial charge in [0.2, 0.25) is 10.0 Å². The third-order valence-corrected chi connectivity index (χ3v) is 7.06. The Balaban J connectivity index is 1.68. The predicted molar refractivity (Wildman–Crippen MR) is 113 cm³/mol. The third-order valence-electron chi connectivity index (χ3n) is 4.90. The molecule has 6 nitrogen and oxygen atoms in total. The zero-order valence-corrected chi connectivity index (χ0v) is 18.4. The van der Waals surface area contributed by atoms with Crippen molar-refractivity contribution < 1.29 is 22.3 Å². The van der Waals surface area contributed by atoms with Gasteiger partial charge in [0.05, 0.1) is 4.90 Å².